The van der Waals surface area contributed by atoms with Crippen molar-refractivity contribution < 1.29 is 39.9 Å². The van der Waals surface area contributed by atoms with Crippen LogP contribution in [0, 0.1) is 17.8 Å². The highest BCUT2D eigenvalue weighted by Crippen LogP contribution is 2.48. The molecule has 28 heavy (non-hydrogen) atoms. The molecule has 0 saturated heterocycles. The summed E-state index contributed by atoms with van der Waals surface area (Å²) in [4.78, 5) is 0. The minimum absolute atomic E-state index is 0.0987. The van der Waals surface area contributed by atoms with Gasteiger partial charge >= 0.3 is 6.11 Å². The fraction of sp³-hybridized carbons (Fsp3) is 1.00. The van der Waals surface area contributed by atoms with Crippen LogP contribution in [0.25, 0.3) is 0 Å². The minimum atomic E-state index is -4.26. The van der Waals surface area contributed by atoms with E-state index in [0.717, 1.165) is 0 Å². The molecule has 0 spiro atoms. The van der Waals surface area contributed by atoms with Crippen LogP contribution in [-0.2, 0) is 4.74 Å². The zero-order valence-electron chi connectivity index (χ0n) is 15.4. The number of hydrogen-bond acceptors (Lipinski definition) is 1. The number of hydrogen-bond donors (Lipinski definition) is 0. The fourth-order valence-corrected chi connectivity index (χ4v) is 5.03. The van der Waals surface area contributed by atoms with Crippen LogP contribution < -0.4 is 0 Å². The van der Waals surface area contributed by atoms with E-state index in [1.165, 1.54) is 0 Å². The van der Waals surface area contributed by atoms with Crippen molar-refractivity contribution >= 4 is 0 Å². The van der Waals surface area contributed by atoms with E-state index in [9.17, 15) is 35.1 Å². The van der Waals surface area contributed by atoms with Gasteiger partial charge < -0.3 is 4.74 Å². The predicted molar refractivity (Wildman–Crippen MR) is 86.6 cm³/mol. The Bertz CT molecular complexity index is 488. The normalized spacial score (nSPS) is 48.4. The van der Waals surface area contributed by atoms with Gasteiger partial charge in [0.2, 0.25) is 0 Å². The lowest BCUT2D eigenvalue weighted by Crippen LogP contribution is -2.52. The van der Waals surface area contributed by atoms with Gasteiger partial charge in [0.05, 0.1) is 6.10 Å². The molecule has 0 N–H and O–H groups in total. The van der Waals surface area contributed by atoms with Crippen LogP contribution in [0.5, 0.6) is 0 Å². The van der Waals surface area contributed by atoms with Crippen LogP contribution in [0.3, 0.4) is 0 Å². The summed E-state index contributed by atoms with van der Waals surface area (Å²) < 4.78 is 116. The maximum atomic E-state index is 14.6. The molecule has 0 aromatic rings. The van der Waals surface area contributed by atoms with E-state index in [1.54, 1.807) is 0 Å². The Hall–Kier alpha value is -0.600. The SMILES string of the molecule is FC1CCC(C2CC(F)C(C(F)(F)OC3CC(F)C(F)C(F)C3)C(F)C2)CC1. The van der Waals surface area contributed by atoms with Gasteiger partial charge in [-0.15, -0.1) is 0 Å². The molecule has 0 heterocycles. The van der Waals surface area contributed by atoms with Gasteiger partial charge in [-0.25, -0.2) is 26.3 Å². The fourth-order valence-electron chi connectivity index (χ4n) is 5.03. The quantitative estimate of drug-likeness (QED) is 0.505. The molecule has 0 bridgehead atoms. The molecule has 0 radical (unpaired) electrons. The average molecular weight is 422 g/mol. The molecule has 3 fully saturated rings. The molecule has 0 aromatic heterocycles. The van der Waals surface area contributed by atoms with Crippen molar-refractivity contribution in [1.29, 1.82) is 0 Å². The summed E-state index contributed by atoms with van der Waals surface area (Å²) in [6.45, 7) is 0. The molecular formula is C19H26F8O. The first kappa shape index (κ1) is 22.1. The third-order valence-electron chi connectivity index (χ3n) is 6.58. The van der Waals surface area contributed by atoms with Crippen molar-refractivity contribution in [2.45, 2.75) is 101 Å². The van der Waals surface area contributed by atoms with E-state index in [-0.39, 0.29) is 18.8 Å². The van der Waals surface area contributed by atoms with E-state index in [1.807, 2.05) is 0 Å². The van der Waals surface area contributed by atoms with Crippen LogP contribution >= 0.6 is 0 Å². The van der Waals surface area contributed by atoms with Crippen molar-refractivity contribution in [2.24, 2.45) is 17.8 Å². The van der Waals surface area contributed by atoms with Crippen molar-refractivity contribution in [1.82, 2.24) is 0 Å². The maximum absolute atomic E-state index is 14.6. The smallest absolute Gasteiger partial charge is 0.317 e. The number of alkyl halides is 8. The summed E-state index contributed by atoms with van der Waals surface area (Å²) >= 11 is 0. The third-order valence-corrected chi connectivity index (χ3v) is 6.58. The van der Waals surface area contributed by atoms with E-state index >= 15 is 0 Å². The molecule has 4 unspecified atom stereocenters. The van der Waals surface area contributed by atoms with Gasteiger partial charge in [-0.3, -0.25) is 0 Å². The van der Waals surface area contributed by atoms with E-state index in [4.69, 9.17) is 0 Å². The Morgan fingerprint density at radius 3 is 1.61 bits per heavy atom. The molecule has 1 nitrogen and oxygen atoms in total. The lowest BCUT2D eigenvalue weighted by molar-refractivity contribution is -0.323. The molecule has 3 aliphatic rings. The highest BCUT2D eigenvalue weighted by molar-refractivity contribution is 4.95. The van der Waals surface area contributed by atoms with Gasteiger partial charge in [0.25, 0.3) is 0 Å². The first-order valence-electron chi connectivity index (χ1n) is 9.98. The second-order valence-corrected chi connectivity index (χ2v) is 8.55. The Morgan fingerprint density at radius 2 is 1.11 bits per heavy atom. The number of ether oxygens (including phenoxy) is 1. The monoisotopic (exact) mass is 422 g/mol. The Balaban J connectivity index is 1.61. The standard InChI is InChI=1S/C19H26F8O/c20-11-3-1-9(2-4-11)10-5-13(21)17(14(22)6-10)19(26,27)28-12-7-15(23)18(25)16(24)8-12/h9-18H,1-8H2. The van der Waals surface area contributed by atoms with Gasteiger partial charge in [-0.05, 0) is 50.4 Å². The van der Waals surface area contributed by atoms with E-state index in [0.29, 0.717) is 25.7 Å². The molecule has 0 aromatic carbocycles. The molecule has 4 atom stereocenters. The van der Waals surface area contributed by atoms with Crippen LogP contribution in [0.4, 0.5) is 35.1 Å². The summed E-state index contributed by atoms with van der Waals surface area (Å²) in [7, 11) is 0. The van der Waals surface area contributed by atoms with Crippen LogP contribution in [0.1, 0.15) is 51.4 Å². The second kappa shape index (κ2) is 8.64. The molecule has 9 heteroatoms. The first-order chi connectivity index (χ1) is 13.1. The second-order valence-electron chi connectivity index (χ2n) is 8.55. The zero-order valence-corrected chi connectivity index (χ0v) is 15.4. The molecule has 3 aliphatic carbocycles. The van der Waals surface area contributed by atoms with Crippen molar-refractivity contribution in [3.63, 3.8) is 0 Å². The van der Waals surface area contributed by atoms with Gasteiger partial charge in [-0.1, -0.05) is 0 Å². The summed E-state index contributed by atoms with van der Waals surface area (Å²) in [6, 6.07) is 0. The van der Waals surface area contributed by atoms with Gasteiger partial charge in [0.15, 0.2) is 6.17 Å². The molecule has 3 saturated carbocycles. The van der Waals surface area contributed by atoms with Crippen LogP contribution in [0.15, 0.2) is 0 Å². The Labute approximate surface area is 159 Å². The van der Waals surface area contributed by atoms with Gasteiger partial charge in [0, 0.05) is 12.8 Å². The van der Waals surface area contributed by atoms with Crippen molar-refractivity contribution in [3.05, 3.63) is 0 Å². The average Bonchev–Trinajstić information content (AvgIpc) is 2.59. The van der Waals surface area contributed by atoms with Gasteiger partial charge in [0.1, 0.15) is 36.8 Å². The minimum Gasteiger partial charge on any atom is -0.317 e. The largest absolute Gasteiger partial charge is 0.364 e. The van der Waals surface area contributed by atoms with Crippen molar-refractivity contribution in [3.8, 4) is 0 Å². The summed E-state index contributed by atoms with van der Waals surface area (Å²) in [5.74, 6) is -2.92. The molecular weight excluding hydrogens is 396 g/mol. The van der Waals surface area contributed by atoms with Gasteiger partial charge in [-0.2, -0.15) is 8.78 Å². The third kappa shape index (κ3) is 4.75. The van der Waals surface area contributed by atoms with Crippen molar-refractivity contribution in [2.75, 3.05) is 0 Å². The summed E-state index contributed by atoms with van der Waals surface area (Å²) in [5.41, 5.74) is 0. The molecule has 0 aliphatic heterocycles. The predicted octanol–water partition coefficient (Wildman–Crippen LogP) is 6.00. The highest BCUT2D eigenvalue weighted by Gasteiger charge is 2.56. The van der Waals surface area contributed by atoms with E-state index in [2.05, 4.69) is 4.74 Å². The van der Waals surface area contributed by atoms with E-state index < -0.39 is 73.9 Å². The Morgan fingerprint density at radius 1 is 0.607 bits per heavy atom. The van der Waals surface area contributed by atoms with Crippen LogP contribution in [0.2, 0.25) is 0 Å². The zero-order chi connectivity index (χ0) is 20.6. The lowest BCUT2D eigenvalue weighted by Gasteiger charge is -2.43. The molecule has 164 valence electrons. The number of rotatable bonds is 4. The number of halogens is 8. The topological polar surface area (TPSA) is 9.23 Å². The molecule has 3 rings (SSSR count). The maximum Gasteiger partial charge on any atom is 0.364 e. The highest BCUT2D eigenvalue weighted by atomic mass is 19.3. The summed E-state index contributed by atoms with van der Waals surface area (Å²) in [5, 5.41) is 0. The first-order valence-corrected chi connectivity index (χ1v) is 9.98. The van der Waals surface area contributed by atoms with Crippen LogP contribution in [-0.4, -0.2) is 49.2 Å². The summed E-state index contributed by atoms with van der Waals surface area (Å²) in [6.07, 6.45) is -18.8. The molecule has 0 amide bonds. The lowest BCUT2D eigenvalue weighted by atomic mass is 9.69. The Kier molecular flexibility index (Phi) is 6.82.